The Morgan fingerprint density at radius 3 is 2.46 bits per heavy atom. The van der Waals surface area contributed by atoms with Crippen LogP contribution in [-0.4, -0.2) is 15.0 Å². The number of fused-ring (bicyclic) bond motifs is 3. The van der Waals surface area contributed by atoms with Crippen molar-refractivity contribution in [2.75, 3.05) is 4.90 Å². The van der Waals surface area contributed by atoms with Crippen LogP contribution in [0.5, 0.6) is 0 Å². The number of aromatic nitrogens is 3. The van der Waals surface area contributed by atoms with Crippen LogP contribution in [0.1, 0.15) is 51.3 Å². The minimum atomic E-state index is -0.198. The van der Waals surface area contributed by atoms with Crippen LogP contribution in [0.2, 0.25) is 0 Å². The second kappa shape index (κ2) is 8.13. The summed E-state index contributed by atoms with van der Waals surface area (Å²) in [4.78, 5) is 27.4. The minimum Gasteiger partial charge on any atom is -0.360 e. The first kappa shape index (κ1) is 23.2. The van der Waals surface area contributed by atoms with Crippen LogP contribution in [0, 0.1) is 0 Å². The first-order valence-electron chi connectivity index (χ1n) is 12.6. The van der Waals surface area contributed by atoms with Gasteiger partial charge < -0.3 is 4.98 Å². The van der Waals surface area contributed by atoms with Gasteiger partial charge in [-0.15, -0.1) is 0 Å². The molecule has 2 aromatic carbocycles. The summed E-state index contributed by atoms with van der Waals surface area (Å²) in [6, 6.07) is 24.8. The molecule has 0 fully saturated rings. The lowest BCUT2D eigenvalue weighted by Crippen LogP contribution is -2.31. The van der Waals surface area contributed by atoms with Gasteiger partial charge in [-0.05, 0) is 58.5 Å². The number of hydrogen-bond acceptors (Lipinski definition) is 4. The Morgan fingerprint density at radius 2 is 1.65 bits per heavy atom. The van der Waals surface area contributed by atoms with Crippen molar-refractivity contribution < 1.29 is 0 Å². The third kappa shape index (κ3) is 3.73. The van der Waals surface area contributed by atoms with Gasteiger partial charge in [-0.3, -0.25) is 9.69 Å². The molecule has 6 rings (SSSR count). The van der Waals surface area contributed by atoms with Crippen molar-refractivity contribution in [3.63, 3.8) is 0 Å². The van der Waals surface area contributed by atoms with E-state index >= 15 is 0 Å². The lowest BCUT2D eigenvalue weighted by Gasteiger charge is -2.42. The zero-order valence-corrected chi connectivity index (χ0v) is 21.8. The number of H-pyrrole nitrogens is 1. The van der Waals surface area contributed by atoms with E-state index in [-0.39, 0.29) is 16.3 Å². The number of hydrogen-bond donors (Lipinski definition) is 1. The van der Waals surface area contributed by atoms with E-state index in [4.69, 9.17) is 9.97 Å². The summed E-state index contributed by atoms with van der Waals surface area (Å²) >= 11 is 0. The molecule has 1 aliphatic heterocycles. The lowest BCUT2D eigenvalue weighted by molar-refractivity contribution is 0.589. The highest BCUT2D eigenvalue weighted by molar-refractivity contribution is 5.87. The number of anilines is 3. The number of nitrogens with zero attached hydrogens (tertiary/aromatic N) is 3. The molecule has 5 nitrogen and oxygen atoms in total. The van der Waals surface area contributed by atoms with Crippen LogP contribution >= 0.6 is 0 Å². The molecule has 1 aliphatic rings. The summed E-state index contributed by atoms with van der Waals surface area (Å²) in [6.45, 7) is 11.2. The predicted molar refractivity (Wildman–Crippen MR) is 151 cm³/mol. The van der Waals surface area contributed by atoms with Gasteiger partial charge in [0.15, 0.2) is 0 Å². The summed E-state index contributed by atoms with van der Waals surface area (Å²) < 4.78 is 0. The molecule has 5 aromatic rings. The fourth-order valence-corrected chi connectivity index (χ4v) is 5.34. The average Bonchev–Trinajstić information content (AvgIpc) is 2.88. The second-order valence-corrected chi connectivity index (χ2v) is 11.3. The number of para-hydroxylation sites is 1. The van der Waals surface area contributed by atoms with Gasteiger partial charge in [0.1, 0.15) is 11.3 Å². The largest absolute Gasteiger partial charge is 0.360 e. The van der Waals surface area contributed by atoms with E-state index < -0.39 is 0 Å². The topological polar surface area (TPSA) is 61.9 Å². The molecule has 0 bridgehead atoms. The summed E-state index contributed by atoms with van der Waals surface area (Å²) in [5.74, 6) is 0.886. The summed E-state index contributed by atoms with van der Waals surface area (Å²) in [5.41, 5.74) is 8.51. The molecule has 1 N–H and O–H groups in total. The molecule has 0 unspecified atom stereocenters. The van der Waals surface area contributed by atoms with Gasteiger partial charge in [0, 0.05) is 29.4 Å². The smallest absolute Gasteiger partial charge is 0.207 e. The lowest BCUT2D eigenvalue weighted by atomic mass is 9.73. The SMILES string of the molecule is CC(C)(C)c1ccnc(N2c3ccccc3C(C)(C)c3ccc(-c4ccc5[nH]ccc(=O)c5n4)cc32)c1. The van der Waals surface area contributed by atoms with Gasteiger partial charge >= 0.3 is 0 Å². The summed E-state index contributed by atoms with van der Waals surface area (Å²) in [7, 11) is 0. The van der Waals surface area contributed by atoms with Gasteiger partial charge in [-0.25, -0.2) is 9.97 Å². The number of rotatable bonds is 2. The monoisotopic (exact) mass is 486 g/mol. The molecule has 0 spiro atoms. The van der Waals surface area contributed by atoms with Crippen molar-refractivity contribution in [1.29, 1.82) is 0 Å². The number of pyridine rings is 3. The Bertz CT molecular complexity index is 1730. The normalized spacial score (nSPS) is 14.4. The van der Waals surface area contributed by atoms with Gasteiger partial charge in [0.2, 0.25) is 5.43 Å². The minimum absolute atomic E-state index is 0.000978. The van der Waals surface area contributed by atoms with Crippen LogP contribution in [0.3, 0.4) is 0 Å². The highest BCUT2D eigenvalue weighted by atomic mass is 16.1. The molecule has 0 amide bonds. The van der Waals surface area contributed by atoms with Crippen molar-refractivity contribution >= 4 is 28.2 Å². The van der Waals surface area contributed by atoms with Gasteiger partial charge in [-0.2, -0.15) is 0 Å². The van der Waals surface area contributed by atoms with Crippen molar-refractivity contribution in [2.45, 2.75) is 45.4 Å². The standard InChI is InChI=1S/C32H30N4O/c1-31(2,3)21-14-16-34-29(19-21)36-26-9-7-6-8-22(26)32(4,5)23-11-10-20(18-27(23)36)24-12-13-25-30(35-24)28(37)15-17-33-25/h6-19H,1-5H3,(H,33,37). The molecule has 37 heavy (non-hydrogen) atoms. The molecular weight excluding hydrogens is 456 g/mol. The molecule has 0 radical (unpaired) electrons. The number of benzene rings is 2. The van der Waals surface area contributed by atoms with E-state index in [2.05, 4.69) is 99.1 Å². The maximum absolute atomic E-state index is 12.5. The Kier molecular flexibility index (Phi) is 5.09. The van der Waals surface area contributed by atoms with E-state index in [9.17, 15) is 4.79 Å². The van der Waals surface area contributed by atoms with E-state index in [0.29, 0.717) is 5.52 Å². The molecule has 184 valence electrons. The van der Waals surface area contributed by atoms with E-state index in [1.165, 1.54) is 22.8 Å². The van der Waals surface area contributed by atoms with Crippen molar-refractivity contribution in [2.24, 2.45) is 0 Å². The first-order chi connectivity index (χ1) is 17.6. The number of nitrogens with one attached hydrogen (secondary N) is 1. The third-order valence-corrected chi connectivity index (χ3v) is 7.47. The quantitative estimate of drug-likeness (QED) is 0.283. The Labute approximate surface area is 216 Å². The Morgan fingerprint density at radius 1 is 0.865 bits per heavy atom. The molecule has 0 saturated heterocycles. The van der Waals surface area contributed by atoms with Crippen molar-refractivity contribution in [1.82, 2.24) is 15.0 Å². The van der Waals surface area contributed by atoms with Gasteiger partial charge in [0.05, 0.1) is 22.6 Å². The van der Waals surface area contributed by atoms with Crippen LogP contribution in [0.4, 0.5) is 17.2 Å². The molecule has 3 aromatic heterocycles. The van der Waals surface area contributed by atoms with Crippen LogP contribution < -0.4 is 10.3 Å². The molecule has 0 atom stereocenters. The van der Waals surface area contributed by atoms with Crippen molar-refractivity contribution in [3.05, 3.63) is 112 Å². The predicted octanol–water partition coefficient (Wildman–Crippen LogP) is 7.39. The first-order valence-corrected chi connectivity index (χ1v) is 12.6. The van der Waals surface area contributed by atoms with E-state index in [0.717, 1.165) is 34.0 Å². The van der Waals surface area contributed by atoms with E-state index in [1.807, 2.05) is 18.3 Å². The van der Waals surface area contributed by atoms with Gasteiger partial charge in [-0.1, -0.05) is 65.0 Å². The zero-order chi connectivity index (χ0) is 25.9. The highest BCUT2D eigenvalue weighted by Crippen LogP contribution is 2.52. The molecule has 5 heteroatoms. The summed E-state index contributed by atoms with van der Waals surface area (Å²) in [6.07, 6.45) is 3.56. The average molecular weight is 487 g/mol. The maximum atomic E-state index is 12.5. The second-order valence-electron chi connectivity index (χ2n) is 11.3. The molecule has 0 aliphatic carbocycles. The molecule has 0 saturated carbocycles. The molecular formula is C32H30N4O. The molecule has 4 heterocycles. The van der Waals surface area contributed by atoms with Crippen LogP contribution in [0.15, 0.2) is 90.0 Å². The Hall–Kier alpha value is -4.25. The maximum Gasteiger partial charge on any atom is 0.207 e. The highest BCUT2D eigenvalue weighted by Gasteiger charge is 2.37. The van der Waals surface area contributed by atoms with Crippen molar-refractivity contribution in [3.8, 4) is 11.3 Å². The third-order valence-electron chi connectivity index (χ3n) is 7.47. The Balaban J connectivity index is 1.60. The fourth-order valence-electron chi connectivity index (χ4n) is 5.34. The van der Waals surface area contributed by atoms with Crippen LogP contribution in [-0.2, 0) is 10.8 Å². The zero-order valence-electron chi connectivity index (χ0n) is 21.8. The fraction of sp³-hybridized carbons (Fsp3) is 0.219. The number of aromatic amines is 1. The van der Waals surface area contributed by atoms with Crippen LogP contribution in [0.25, 0.3) is 22.3 Å². The van der Waals surface area contributed by atoms with E-state index in [1.54, 1.807) is 6.20 Å². The van der Waals surface area contributed by atoms with Gasteiger partial charge in [0.25, 0.3) is 0 Å². The summed E-state index contributed by atoms with van der Waals surface area (Å²) in [5, 5.41) is 0.